The lowest BCUT2D eigenvalue weighted by Gasteiger charge is -2.14. The fourth-order valence-electron chi connectivity index (χ4n) is 4.28. The van der Waals surface area contributed by atoms with Gasteiger partial charge in [-0.3, -0.25) is 9.63 Å². The maximum absolute atomic E-state index is 12.2. The van der Waals surface area contributed by atoms with Crippen LogP contribution in [0.1, 0.15) is 28.4 Å². The average Bonchev–Trinajstić information content (AvgIpc) is 3.48. The first-order chi connectivity index (χ1) is 19.7. The highest BCUT2D eigenvalue weighted by Crippen LogP contribution is 2.22. The van der Waals surface area contributed by atoms with Crippen molar-refractivity contribution in [2.24, 2.45) is 0 Å². The van der Waals surface area contributed by atoms with Crippen LogP contribution in [0.25, 0.3) is 22.9 Å². The molecule has 1 N–H and O–H groups in total. The van der Waals surface area contributed by atoms with Crippen LogP contribution in [-0.4, -0.2) is 28.0 Å². The number of ether oxygens (including phenoxy) is 1. The van der Waals surface area contributed by atoms with E-state index in [-0.39, 0.29) is 18.6 Å². The highest BCUT2D eigenvalue weighted by Gasteiger charge is 2.12. The maximum atomic E-state index is 12.2. The zero-order valence-electron chi connectivity index (χ0n) is 22.2. The molecule has 0 aliphatic heterocycles. The van der Waals surface area contributed by atoms with Gasteiger partial charge in [-0.25, -0.2) is 10.2 Å². The summed E-state index contributed by atoms with van der Waals surface area (Å²) in [6, 6.07) is 32.4. The number of benzene rings is 4. The van der Waals surface area contributed by atoms with Crippen molar-refractivity contribution in [2.45, 2.75) is 19.1 Å². The lowest BCUT2D eigenvalue weighted by atomic mass is 10.0. The summed E-state index contributed by atoms with van der Waals surface area (Å²) < 4.78 is 6.97. The van der Waals surface area contributed by atoms with Gasteiger partial charge in [-0.2, -0.15) is 0 Å². The van der Waals surface area contributed by atoms with Gasteiger partial charge in [-0.05, 0) is 52.1 Å². The molecule has 7 nitrogen and oxygen atoms in total. The van der Waals surface area contributed by atoms with Gasteiger partial charge in [0.25, 0.3) is 5.91 Å². The fourth-order valence-corrected chi connectivity index (χ4v) is 4.28. The Morgan fingerprint density at radius 2 is 1.65 bits per heavy atom. The van der Waals surface area contributed by atoms with Gasteiger partial charge < -0.3 is 4.74 Å². The summed E-state index contributed by atoms with van der Waals surface area (Å²) in [5, 5.41) is 11.0. The van der Waals surface area contributed by atoms with Crippen LogP contribution in [0.5, 0.6) is 5.75 Å². The number of nitrogens with zero attached hydrogens (tertiary/aromatic N) is 3. The molecule has 0 aliphatic carbocycles. The second-order valence-electron chi connectivity index (χ2n) is 9.28. The number of aromatic nitrogens is 3. The number of hydrogen-bond acceptors (Lipinski definition) is 5. The summed E-state index contributed by atoms with van der Waals surface area (Å²) in [7, 11) is 1.61. The van der Waals surface area contributed by atoms with Gasteiger partial charge in [0.15, 0.2) is 0 Å². The smallest absolute Gasteiger partial charge is 0.267 e. The first-order valence-corrected chi connectivity index (χ1v) is 13.0. The average molecular weight is 531 g/mol. The van der Waals surface area contributed by atoms with E-state index >= 15 is 0 Å². The third-order valence-electron chi connectivity index (χ3n) is 6.41. The van der Waals surface area contributed by atoms with E-state index in [2.05, 4.69) is 76.5 Å². The minimum absolute atomic E-state index is 0.0716. The van der Waals surface area contributed by atoms with Crippen molar-refractivity contribution in [3.05, 3.63) is 138 Å². The molecule has 1 unspecified atom stereocenters. The van der Waals surface area contributed by atoms with E-state index in [1.165, 1.54) is 22.4 Å². The second kappa shape index (κ2) is 13.2. The number of nitrogens with one attached hydrogen (secondary N) is 1. The maximum Gasteiger partial charge on any atom is 0.267 e. The van der Waals surface area contributed by atoms with Crippen molar-refractivity contribution in [3.63, 3.8) is 0 Å². The first kappa shape index (κ1) is 26.6. The molecule has 1 amide bonds. The Labute approximate surface area is 233 Å². The van der Waals surface area contributed by atoms with Crippen LogP contribution in [-0.2, 0) is 22.7 Å². The predicted molar refractivity (Wildman–Crippen MR) is 157 cm³/mol. The molecule has 5 aromatic rings. The molecule has 4 aromatic carbocycles. The SMILES string of the molecule is COc1ccc(CONC(=O)/C=C/c2cn(C(/C=C/c3ccccc3)Cc3ccc4ccccc4c3)nn2)cc1. The Morgan fingerprint density at radius 3 is 2.45 bits per heavy atom. The van der Waals surface area contributed by atoms with E-state index in [1.54, 1.807) is 13.2 Å². The Kier molecular flexibility index (Phi) is 8.76. The van der Waals surface area contributed by atoms with Crippen molar-refractivity contribution in [1.82, 2.24) is 20.5 Å². The van der Waals surface area contributed by atoms with E-state index < -0.39 is 0 Å². The number of amides is 1. The Bertz CT molecular complexity index is 1610. The van der Waals surface area contributed by atoms with Crippen molar-refractivity contribution in [3.8, 4) is 5.75 Å². The molecular formula is C33H30N4O3. The van der Waals surface area contributed by atoms with E-state index in [0.717, 1.165) is 23.3 Å². The van der Waals surface area contributed by atoms with E-state index in [0.29, 0.717) is 5.69 Å². The van der Waals surface area contributed by atoms with Crippen molar-refractivity contribution < 1.29 is 14.4 Å². The molecular weight excluding hydrogens is 500 g/mol. The monoisotopic (exact) mass is 530 g/mol. The van der Waals surface area contributed by atoms with Gasteiger partial charge in [0, 0.05) is 6.08 Å². The minimum Gasteiger partial charge on any atom is -0.497 e. The van der Waals surface area contributed by atoms with Crippen LogP contribution < -0.4 is 10.2 Å². The molecule has 0 aliphatic rings. The number of allylic oxidation sites excluding steroid dienone is 1. The zero-order chi connectivity index (χ0) is 27.6. The standard InChI is InChI=1S/C33H30N4O3/c1-39-32-18-13-26(14-19-32)24-40-35-33(38)20-16-30-23-37(36-34-30)31(17-12-25-7-3-2-4-8-25)22-27-11-15-28-9-5-6-10-29(28)21-27/h2-21,23,31H,22,24H2,1H3,(H,35,38)/b17-12+,20-16+. The largest absolute Gasteiger partial charge is 0.497 e. The van der Waals surface area contributed by atoms with Crippen LogP contribution in [0.3, 0.4) is 0 Å². The van der Waals surface area contributed by atoms with Crippen molar-refractivity contribution >= 4 is 28.8 Å². The number of rotatable bonds is 11. The number of hydrogen-bond donors (Lipinski definition) is 1. The summed E-state index contributed by atoms with van der Waals surface area (Å²) in [6.07, 6.45) is 9.79. The lowest BCUT2D eigenvalue weighted by Crippen LogP contribution is -2.21. The molecule has 200 valence electrons. The third-order valence-corrected chi connectivity index (χ3v) is 6.41. The molecule has 0 radical (unpaired) electrons. The van der Waals surface area contributed by atoms with Gasteiger partial charge >= 0.3 is 0 Å². The molecule has 0 saturated carbocycles. The topological polar surface area (TPSA) is 78.3 Å². The Balaban J connectivity index is 1.25. The normalized spacial score (nSPS) is 12.2. The summed E-state index contributed by atoms with van der Waals surface area (Å²) in [6.45, 7) is 0.240. The lowest BCUT2D eigenvalue weighted by molar-refractivity contribution is -0.129. The molecule has 7 heteroatoms. The van der Waals surface area contributed by atoms with Crippen LogP contribution in [0.15, 0.2) is 115 Å². The molecule has 0 saturated heterocycles. The Hall–Kier alpha value is -5.01. The van der Waals surface area contributed by atoms with Crippen molar-refractivity contribution in [1.29, 1.82) is 0 Å². The molecule has 1 aromatic heterocycles. The van der Waals surface area contributed by atoms with Crippen molar-refractivity contribution in [2.75, 3.05) is 7.11 Å². The number of carbonyl (C=O) groups excluding carboxylic acids is 1. The molecule has 0 spiro atoms. The zero-order valence-corrected chi connectivity index (χ0v) is 22.2. The second-order valence-corrected chi connectivity index (χ2v) is 9.28. The molecule has 5 rings (SSSR count). The molecule has 0 fully saturated rings. The number of carbonyl (C=O) groups is 1. The van der Waals surface area contributed by atoms with Gasteiger partial charge in [0.05, 0.1) is 26.0 Å². The summed E-state index contributed by atoms with van der Waals surface area (Å²) in [5.74, 6) is 0.374. The predicted octanol–water partition coefficient (Wildman–Crippen LogP) is 6.20. The van der Waals surface area contributed by atoms with Gasteiger partial charge in [0.2, 0.25) is 0 Å². The minimum atomic E-state index is -0.389. The van der Waals surface area contributed by atoms with Gasteiger partial charge in [-0.15, -0.1) is 5.10 Å². The highest BCUT2D eigenvalue weighted by molar-refractivity contribution is 5.90. The van der Waals surface area contributed by atoms with E-state index in [1.807, 2.05) is 59.4 Å². The summed E-state index contributed by atoms with van der Waals surface area (Å²) >= 11 is 0. The van der Waals surface area contributed by atoms with Crippen LogP contribution in [0, 0.1) is 0 Å². The molecule has 40 heavy (non-hydrogen) atoms. The number of fused-ring (bicyclic) bond motifs is 1. The molecule has 0 bridgehead atoms. The first-order valence-electron chi connectivity index (χ1n) is 13.0. The fraction of sp³-hybridized carbons (Fsp3) is 0.121. The third kappa shape index (κ3) is 7.30. The van der Waals surface area contributed by atoms with E-state index in [4.69, 9.17) is 9.57 Å². The van der Waals surface area contributed by atoms with Crippen LogP contribution >= 0.6 is 0 Å². The highest BCUT2D eigenvalue weighted by atomic mass is 16.6. The Morgan fingerprint density at radius 1 is 0.900 bits per heavy atom. The van der Waals surface area contributed by atoms with Gasteiger partial charge in [-0.1, -0.05) is 102 Å². The summed E-state index contributed by atoms with van der Waals surface area (Å²) in [5.41, 5.74) is 6.21. The number of hydroxylamine groups is 1. The summed E-state index contributed by atoms with van der Waals surface area (Å²) in [4.78, 5) is 17.6. The van der Waals surface area contributed by atoms with Crippen LogP contribution in [0.4, 0.5) is 0 Å². The quantitative estimate of drug-likeness (QED) is 0.163. The van der Waals surface area contributed by atoms with E-state index in [9.17, 15) is 4.79 Å². The molecule has 1 atom stereocenters. The van der Waals surface area contributed by atoms with Crippen LogP contribution in [0.2, 0.25) is 0 Å². The number of methoxy groups -OCH3 is 1. The van der Waals surface area contributed by atoms with Gasteiger partial charge in [0.1, 0.15) is 11.4 Å². The molecule has 1 heterocycles.